The van der Waals surface area contributed by atoms with E-state index in [0.717, 1.165) is 11.1 Å². The third kappa shape index (κ3) is 7.60. The first-order valence-corrected chi connectivity index (χ1v) is 10.7. The maximum atomic E-state index is 12.5. The summed E-state index contributed by atoms with van der Waals surface area (Å²) >= 11 is 0. The summed E-state index contributed by atoms with van der Waals surface area (Å²) in [5.74, 6) is 0.297. The molecule has 3 aromatic rings. The van der Waals surface area contributed by atoms with E-state index in [2.05, 4.69) is 20.6 Å². The molecule has 0 radical (unpaired) electrons. The van der Waals surface area contributed by atoms with E-state index in [0.29, 0.717) is 29.6 Å². The molecule has 0 aliphatic rings. The number of benzene rings is 2. The van der Waals surface area contributed by atoms with Gasteiger partial charge in [0.25, 0.3) is 0 Å². The fraction of sp³-hybridized carbons (Fsp3) is 0.280. The number of hydrogen-bond donors (Lipinski definition) is 2. The molecule has 0 fully saturated rings. The van der Waals surface area contributed by atoms with E-state index in [-0.39, 0.29) is 12.3 Å². The topological polar surface area (TPSA) is 102 Å². The molecule has 0 bridgehead atoms. The van der Waals surface area contributed by atoms with E-state index in [1.807, 2.05) is 37.3 Å². The molecule has 0 unspecified atom stereocenters. The second-order valence-corrected chi connectivity index (χ2v) is 8.31. The van der Waals surface area contributed by atoms with Gasteiger partial charge in [0.1, 0.15) is 5.60 Å². The van der Waals surface area contributed by atoms with E-state index in [4.69, 9.17) is 9.47 Å². The lowest BCUT2D eigenvalue weighted by Gasteiger charge is -2.19. The number of rotatable bonds is 7. The van der Waals surface area contributed by atoms with Crippen molar-refractivity contribution >= 4 is 23.4 Å². The summed E-state index contributed by atoms with van der Waals surface area (Å²) in [5, 5.41) is 5.56. The Labute approximate surface area is 193 Å². The molecule has 0 spiro atoms. The van der Waals surface area contributed by atoms with Crippen LogP contribution in [-0.4, -0.2) is 34.2 Å². The van der Waals surface area contributed by atoms with E-state index in [1.165, 1.54) is 0 Å². The Morgan fingerprint density at radius 3 is 2.42 bits per heavy atom. The number of carbonyl (C=O) groups is 2. The highest BCUT2D eigenvalue weighted by molar-refractivity contribution is 5.93. The maximum absolute atomic E-state index is 12.5. The third-order valence-electron chi connectivity index (χ3n) is 4.31. The predicted octanol–water partition coefficient (Wildman–Crippen LogP) is 5.07. The van der Waals surface area contributed by atoms with Crippen molar-refractivity contribution in [3.63, 3.8) is 0 Å². The number of nitrogens with zero attached hydrogens (tertiary/aromatic N) is 2. The van der Waals surface area contributed by atoms with Gasteiger partial charge in [0.15, 0.2) is 0 Å². The fourth-order valence-corrected chi connectivity index (χ4v) is 3.00. The van der Waals surface area contributed by atoms with Gasteiger partial charge in [0.05, 0.1) is 31.1 Å². The Morgan fingerprint density at radius 1 is 0.970 bits per heavy atom. The lowest BCUT2D eigenvalue weighted by molar-refractivity contribution is -0.115. The molecule has 2 amide bonds. The van der Waals surface area contributed by atoms with Gasteiger partial charge in [0, 0.05) is 16.9 Å². The molecular formula is C25H28N4O4. The third-order valence-corrected chi connectivity index (χ3v) is 4.31. The summed E-state index contributed by atoms with van der Waals surface area (Å²) in [6.07, 6.45) is 2.85. The van der Waals surface area contributed by atoms with Crippen LogP contribution in [0, 0.1) is 0 Å². The Balaban J connectivity index is 1.59. The lowest BCUT2D eigenvalue weighted by Crippen LogP contribution is -2.27. The van der Waals surface area contributed by atoms with E-state index in [9.17, 15) is 9.59 Å². The predicted molar refractivity (Wildman–Crippen MR) is 127 cm³/mol. The number of amides is 2. The zero-order chi connectivity index (χ0) is 23.8. The molecule has 33 heavy (non-hydrogen) atoms. The molecule has 172 valence electrons. The van der Waals surface area contributed by atoms with E-state index >= 15 is 0 Å². The maximum Gasteiger partial charge on any atom is 0.412 e. The molecule has 8 nitrogen and oxygen atoms in total. The molecule has 0 aliphatic carbocycles. The van der Waals surface area contributed by atoms with Gasteiger partial charge < -0.3 is 14.8 Å². The van der Waals surface area contributed by atoms with Crippen molar-refractivity contribution in [1.82, 2.24) is 9.97 Å². The largest absolute Gasteiger partial charge is 0.477 e. The fourth-order valence-electron chi connectivity index (χ4n) is 3.00. The minimum absolute atomic E-state index is 0.160. The zero-order valence-corrected chi connectivity index (χ0v) is 19.2. The summed E-state index contributed by atoms with van der Waals surface area (Å²) in [6.45, 7) is 7.80. The van der Waals surface area contributed by atoms with Gasteiger partial charge in [-0.2, -0.15) is 0 Å². The Hall–Kier alpha value is -3.94. The summed E-state index contributed by atoms with van der Waals surface area (Å²) in [4.78, 5) is 33.0. The molecule has 8 heteroatoms. The molecule has 0 saturated heterocycles. The van der Waals surface area contributed by atoms with Crippen LogP contribution < -0.4 is 15.4 Å². The minimum Gasteiger partial charge on any atom is -0.477 e. The quantitative estimate of drug-likeness (QED) is 0.523. The van der Waals surface area contributed by atoms with Gasteiger partial charge in [-0.3, -0.25) is 15.1 Å². The highest BCUT2D eigenvalue weighted by atomic mass is 16.6. The van der Waals surface area contributed by atoms with Crippen molar-refractivity contribution in [2.24, 2.45) is 0 Å². The number of aromatic nitrogens is 2. The molecule has 1 heterocycles. The van der Waals surface area contributed by atoms with E-state index in [1.54, 1.807) is 51.4 Å². The smallest absolute Gasteiger partial charge is 0.412 e. The van der Waals surface area contributed by atoms with Gasteiger partial charge in [0.2, 0.25) is 11.8 Å². The van der Waals surface area contributed by atoms with Crippen molar-refractivity contribution in [2.75, 3.05) is 17.2 Å². The van der Waals surface area contributed by atoms with Crippen LogP contribution >= 0.6 is 0 Å². The Kier molecular flexibility index (Phi) is 7.61. The number of anilines is 2. The van der Waals surface area contributed by atoms with Gasteiger partial charge in [-0.05, 0) is 57.5 Å². The van der Waals surface area contributed by atoms with Crippen LogP contribution in [0.15, 0.2) is 60.9 Å². The summed E-state index contributed by atoms with van der Waals surface area (Å²) in [5.41, 5.74) is 2.96. The molecule has 1 aromatic heterocycles. The van der Waals surface area contributed by atoms with Crippen LogP contribution in [0.1, 0.15) is 33.3 Å². The van der Waals surface area contributed by atoms with Gasteiger partial charge >= 0.3 is 6.09 Å². The molecule has 0 atom stereocenters. The van der Waals surface area contributed by atoms with Crippen LogP contribution in [0.25, 0.3) is 11.3 Å². The molecule has 2 aromatic carbocycles. The Morgan fingerprint density at radius 2 is 1.73 bits per heavy atom. The molecule has 0 aliphatic heterocycles. The highest BCUT2D eigenvalue weighted by Gasteiger charge is 2.16. The van der Waals surface area contributed by atoms with Crippen molar-refractivity contribution in [2.45, 2.75) is 39.7 Å². The van der Waals surface area contributed by atoms with Crippen molar-refractivity contribution < 1.29 is 19.1 Å². The molecular weight excluding hydrogens is 420 g/mol. The minimum atomic E-state index is -0.588. The normalized spacial score (nSPS) is 10.9. The van der Waals surface area contributed by atoms with Crippen LogP contribution in [-0.2, 0) is 16.0 Å². The van der Waals surface area contributed by atoms with Crippen LogP contribution in [0.2, 0.25) is 0 Å². The first-order chi connectivity index (χ1) is 15.7. The van der Waals surface area contributed by atoms with Crippen molar-refractivity contribution in [3.05, 3.63) is 66.5 Å². The zero-order valence-electron chi connectivity index (χ0n) is 19.2. The van der Waals surface area contributed by atoms with Crippen LogP contribution in [0.4, 0.5) is 16.2 Å². The summed E-state index contributed by atoms with van der Waals surface area (Å²) in [6, 6.07) is 14.4. The monoisotopic (exact) mass is 448 g/mol. The van der Waals surface area contributed by atoms with Crippen LogP contribution in [0.5, 0.6) is 5.88 Å². The second kappa shape index (κ2) is 10.6. The van der Waals surface area contributed by atoms with Crippen LogP contribution in [0.3, 0.4) is 0 Å². The average Bonchev–Trinajstić information content (AvgIpc) is 2.73. The van der Waals surface area contributed by atoms with Crippen molar-refractivity contribution in [3.8, 4) is 17.1 Å². The second-order valence-electron chi connectivity index (χ2n) is 8.31. The van der Waals surface area contributed by atoms with Gasteiger partial charge in [-0.15, -0.1) is 0 Å². The number of ether oxygens (including phenoxy) is 2. The average molecular weight is 449 g/mol. The number of nitrogens with one attached hydrogen (secondary N) is 2. The molecule has 3 rings (SSSR count). The SMILES string of the molecule is CCOc1cncc(-c2ccc(NC(=O)Cc3cccc(NC(=O)OC(C)(C)C)c3)cc2)n1. The first-order valence-electron chi connectivity index (χ1n) is 10.7. The van der Waals surface area contributed by atoms with Gasteiger partial charge in [-0.1, -0.05) is 24.3 Å². The highest BCUT2D eigenvalue weighted by Crippen LogP contribution is 2.21. The summed E-state index contributed by atoms with van der Waals surface area (Å²) in [7, 11) is 0. The standard InChI is InChI=1S/C25H28N4O4/c1-5-32-23-16-26-15-21(29-23)18-9-11-19(12-10-18)27-22(30)14-17-7-6-8-20(13-17)28-24(31)33-25(2,3)4/h6-13,15-16H,5,14H2,1-4H3,(H,27,30)(H,28,31). The molecule has 2 N–H and O–H groups in total. The van der Waals surface area contributed by atoms with E-state index < -0.39 is 11.7 Å². The molecule has 0 saturated carbocycles. The number of carbonyl (C=O) groups excluding carboxylic acids is 2. The van der Waals surface area contributed by atoms with Crippen molar-refractivity contribution in [1.29, 1.82) is 0 Å². The lowest BCUT2D eigenvalue weighted by atomic mass is 10.1. The number of hydrogen-bond acceptors (Lipinski definition) is 6. The first kappa shape index (κ1) is 23.7. The Bertz CT molecular complexity index is 1110. The van der Waals surface area contributed by atoms with Gasteiger partial charge in [-0.25, -0.2) is 9.78 Å². The summed E-state index contributed by atoms with van der Waals surface area (Å²) < 4.78 is 10.6.